The molecule has 4 aromatic rings. The van der Waals surface area contributed by atoms with Crippen LogP contribution in [0, 0.1) is 0 Å². The Hall–Kier alpha value is -4.03. The van der Waals surface area contributed by atoms with Crippen LogP contribution in [0.4, 0.5) is 5.69 Å². The van der Waals surface area contributed by atoms with Crippen LogP contribution in [0.25, 0.3) is 23.0 Å². The molecular weight excluding hydrogens is 496 g/mol. The number of nitrogens with zero attached hydrogens (tertiary/aromatic N) is 3. The Morgan fingerprint density at radius 2 is 1.82 bits per heavy atom. The highest BCUT2D eigenvalue weighted by Gasteiger charge is 2.57. The van der Waals surface area contributed by atoms with Crippen LogP contribution in [0.15, 0.2) is 85.1 Å². The number of fused-ring (bicyclic) bond motifs is 3. The molecular formula is C31H29ClN4O2. The molecule has 1 fully saturated rings. The molecule has 1 aromatic heterocycles. The second kappa shape index (κ2) is 9.07. The van der Waals surface area contributed by atoms with E-state index in [1.165, 1.54) is 5.56 Å². The molecule has 3 aromatic carbocycles. The zero-order chi connectivity index (χ0) is 26.5. The minimum atomic E-state index is -0.712. The molecule has 0 aliphatic carbocycles. The van der Waals surface area contributed by atoms with Gasteiger partial charge in [-0.2, -0.15) is 5.10 Å². The van der Waals surface area contributed by atoms with E-state index in [0.717, 1.165) is 28.2 Å². The Morgan fingerprint density at radius 3 is 2.61 bits per heavy atom. The van der Waals surface area contributed by atoms with E-state index in [-0.39, 0.29) is 11.3 Å². The number of hydrogen-bond donors (Lipinski definition) is 1. The minimum absolute atomic E-state index is 0.0504. The van der Waals surface area contributed by atoms with Crippen molar-refractivity contribution in [1.82, 2.24) is 15.1 Å². The lowest BCUT2D eigenvalue weighted by molar-refractivity contribution is -0.124. The van der Waals surface area contributed by atoms with Crippen molar-refractivity contribution >= 4 is 29.3 Å². The van der Waals surface area contributed by atoms with Gasteiger partial charge in [0, 0.05) is 41.4 Å². The van der Waals surface area contributed by atoms with Crippen molar-refractivity contribution in [3.05, 3.63) is 101 Å². The fourth-order valence-electron chi connectivity index (χ4n) is 5.78. The SMILES string of the molecule is COc1cc(-c2nn(-c3ccccc3)cc2C=CC23NC(=O)CCN2c2ccccc2C3(C)C)ccc1Cl. The van der Waals surface area contributed by atoms with Gasteiger partial charge in [0.2, 0.25) is 5.91 Å². The van der Waals surface area contributed by atoms with E-state index >= 15 is 0 Å². The third-order valence-corrected chi connectivity index (χ3v) is 8.14. The van der Waals surface area contributed by atoms with E-state index in [2.05, 4.69) is 60.5 Å². The van der Waals surface area contributed by atoms with Gasteiger partial charge in [0.25, 0.3) is 0 Å². The molecule has 0 radical (unpaired) electrons. The van der Waals surface area contributed by atoms with E-state index in [0.29, 0.717) is 23.7 Å². The largest absolute Gasteiger partial charge is 0.495 e. The lowest BCUT2D eigenvalue weighted by atomic mass is 9.74. The van der Waals surface area contributed by atoms with Crippen LogP contribution in [-0.2, 0) is 10.2 Å². The first-order valence-electron chi connectivity index (χ1n) is 12.7. The fraction of sp³-hybridized carbons (Fsp3) is 0.226. The van der Waals surface area contributed by atoms with E-state index < -0.39 is 5.66 Å². The highest BCUT2D eigenvalue weighted by molar-refractivity contribution is 6.32. The van der Waals surface area contributed by atoms with Gasteiger partial charge in [-0.05, 0) is 42.0 Å². The Kier molecular flexibility index (Phi) is 5.80. The van der Waals surface area contributed by atoms with Crippen LogP contribution >= 0.6 is 11.6 Å². The van der Waals surface area contributed by atoms with Gasteiger partial charge in [-0.15, -0.1) is 0 Å². The molecule has 1 amide bonds. The van der Waals surface area contributed by atoms with Gasteiger partial charge in [0.1, 0.15) is 17.1 Å². The third kappa shape index (κ3) is 3.71. The summed E-state index contributed by atoms with van der Waals surface area (Å²) in [6.07, 6.45) is 6.69. The maximum absolute atomic E-state index is 12.8. The molecule has 1 N–H and O–H groups in total. The molecule has 6 rings (SSSR count). The minimum Gasteiger partial charge on any atom is -0.495 e. The first kappa shape index (κ1) is 24.3. The van der Waals surface area contributed by atoms with Crippen molar-refractivity contribution < 1.29 is 9.53 Å². The van der Waals surface area contributed by atoms with Crippen LogP contribution in [-0.4, -0.2) is 35.0 Å². The quantitative estimate of drug-likeness (QED) is 0.336. The molecule has 1 unspecified atom stereocenters. The highest BCUT2D eigenvalue weighted by atomic mass is 35.5. The number of para-hydroxylation sites is 2. The molecule has 7 heteroatoms. The summed E-state index contributed by atoms with van der Waals surface area (Å²) in [5, 5.41) is 8.86. The maximum atomic E-state index is 12.8. The first-order valence-corrected chi connectivity index (χ1v) is 13.1. The van der Waals surface area contributed by atoms with Gasteiger partial charge < -0.3 is 15.0 Å². The van der Waals surface area contributed by atoms with Crippen LogP contribution < -0.4 is 15.0 Å². The number of carbonyl (C=O) groups excluding carboxylic acids is 1. The number of aromatic nitrogens is 2. The number of hydrogen-bond acceptors (Lipinski definition) is 4. The normalized spacial score (nSPS) is 19.8. The van der Waals surface area contributed by atoms with Gasteiger partial charge in [-0.1, -0.05) is 74.0 Å². The fourth-order valence-corrected chi connectivity index (χ4v) is 5.98. The second-order valence-electron chi connectivity index (χ2n) is 10.3. The van der Waals surface area contributed by atoms with Crippen molar-refractivity contribution in [1.29, 1.82) is 0 Å². The van der Waals surface area contributed by atoms with E-state index in [4.69, 9.17) is 21.4 Å². The smallest absolute Gasteiger partial charge is 0.223 e. The van der Waals surface area contributed by atoms with Gasteiger partial charge in [0.15, 0.2) is 0 Å². The molecule has 2 aliphatic heterocycles. The predicted molar refractivity (Wildman–Crippen MR) is 152 cm³/mol. The maximum Gasteiger partial charge on any atom is 0.223 e. The summed E-state index contributed by atoms with van der Waals surface area (Å²) in [5.41, 5.74) is 4.84. The van der Waals surface area contributed by atoms with Gasteiger partial charge >= 0.3 is 0 Å². The van der Waals surface area contributed by atoms with Crippen LogP contribution in [0.5, 0.6) is 5.75 Å². The number of ether oxygens (including phenoxy) is 1. The molecule has 38 heavy (non-hydrogen) atoms. The molecule has 3 heterocycles. The highest BCUT2D eigenvalue weighted by Crippen LogP contribution is 2.52. The number of benzene rings is 3. The monoisotopic (exact) mass is 524 g/mol. The summed E-state index contributed by atoms with van der Waals surface area (Å²) in [5.74, 6) is 0.638. The molecule has 192 valence electrons. The van der Waals surface area contributed by atoms with Gasteiger partial charge in [-0.3, -0.25) is 4.79 Å². The van der Waals surface area contributed by atoms with E-state index in [1.54, 1.807) is 7.11 Å². The molecule has 0 bridgehead atoms. The van der Waals surface area contributed by atoms with Crippen molar-refractivity contribution in [2.45, 2.75) is 31.3 Å². The van der Waals surface area contributed by atoms with Crippen molar-refractivity contribution in [3.63, 3.8) is 0 Å². The Balaban J connectivity index is 1.51. The zero-order valence-electron chi connectivity index (χ0n) is 21.6. The molecule has 0 spiro atoms. The Labute approximate surface area is 227 Å². The molecule has 2 aliphatic rings. The van der Waals surface area contributed by atoms with Crippen molar-refractivity contribution in [2.75, 3.05) is 18.6 Å². The van der Waals surface area contributed by atoms with E-state index in [9.17, 15) is 4.79 Å². The van der Waals surface area contributed by atoms with Crippen LogP contribution in [0.3, 0.4) is 0 Å². The Morgan fingerprint density at radius 1 is 1.05 bits per heavy atom. The van der Waals surface area contributed by atoms with E-state index in [1.807, 2.05) is 59.4 Å². The molecule has 1 atom stereocenters. The van der Waals surface area contributed by atoms with Crippen LogP contribution in [0.1, 0.15) is 31.4 Å². The summed E-state index contributed by atoms with van der Waals surface area (Å²) < 4.78 is 7.36. The second-order valence-corrected chi connectivity index (χ2v) is 10.7. The molecule has 0 saturated carbocycles. The average Bonchev–Trinajstić information content (AvgIpc) is 3.44. The van der Waals surface area contributed by atoms with Gasteiger partial charge in [-0.25, -0.2) is 4.68 Å². The number of methoxy groups -OCH3 is 1. The lowest BCUT2D eigenvalue weighted by Crippen LogP contribution is -2.68. The molecule has 1 saturated heterocycles. The summed E-state index contributed by atoms with van der Waals surface area (Å²) in [6.45, 7) is 5.04. The number of nitrogens with one attached hydrogen (secondary N) is 1. The molecule has 6 nitrogen and oxygen atoms in total. The summed E-state index contributed by atoms with van der Waals surface area (Å²) in [6, 6.07) is 24.1. The zero-order valence-corrected chi connectivity index (χ0v) is 22.4. The summed E-state index contributed by atoms with van der Waals surface area (Å²) in [7, 11) is 1.60. The number of halogens is 1. The number of amides is 1. The third-order valence-electron chi connectivity index (χ3n) is 7.83. The topological polar surface area (TPSA) is 59.4 Å². The number of rotatable bonds is 5. The predicted octanol–water partition coefficient (Wildman–Crippen LogP) is 6.23. The summed E-state index contributed by atoms with van der Waals surface area (Å²) in [4.78, 5) is 15.2. The van der Waals surface area contributed by atoms with Crippen LogP contribution in [0.2, 0.25) is 5.02 Å². The lowest BCUT2D eigenvalue weighted by Gasteiger charge is -2.49. The average molecular weight is 525 g/mol. The van der Waals surface area contributed by atoms with Crippen molar-refractivity contribution in [3.8, 4) is 22.7 Å². The van der Waals surface area contributed by atoms with Crippen molar-refractivity contribution in [2.24, 2.45) is 0 Å². The summed E-state index contributed by atoms with van der Waals surface area (Å²) >= 11 is 6.33. The number of carbonyl (C=O) groups is 1. The van der Waals surface area contributed by atoms with Gasteiger partial charge in [0.05, 0.1) is 17.8 Å². The Bertz CT molecular complexity index is 1560. The first-order chi connectivity index (χ1) is 18.3. The standard InChI is InChI=1S/C31H29ClN4O2/c1-30(2)24-11-7-8-12-26(24)35-18-16-28(37)33-31(30,35)17-15-22-20-36(23-9-5-4-6-10-23)34-29(22)21-13-14-25(32)27(19-21)38-3/h4-15,17,19-20H,16,18H2,1-3H3,(H,33,37). The number of anilines is 1.